The molecule has 0 aliphatic carbocycles. The summed E-state index contributed by atoms with van der Waals surface area (Å²) < 4.78 is 0.308. The van der Waals surface area contributed by atoms with Gasteiger partial charge in [-0.05, 0) is 28.8 Å². The van der Waals surface area contributed by atoms with Gasteiger partial charge in [0.2, 0.25) is 0 Å². The van der Waals surface area contributed by atoms with Gasteiger partial charge in [-0.2, -0.15) is 0 Å². The van der Waals surface area contributed by atoms with E-state index in [2.05, 4.69) is 27.8 Å². The summed E-state index contributed by atoms with van der Waals surface area (Å²) in [4.78, 5) is 21.1. The maximum atomic E-state index is 10.9. The predicted octanol–water partition coefficient (Wildman–Crippen LogP) is 1.66. The fourth-order valence-electron chi connectivity index (χ4n) is 0.876. The van der Waals surface area contributed by atoms with Crippen molar-refractivity contribution < 1.29 is 14.7 Å². The standard InChI is InChI=1S/C9H14BrNO3/c1-7(10)9(14)11-6-4-2-3-5-8(12)13/h1-6H2,(H,11,14)(H,12,13). The van der Waals surface area contributed by atoms with Crippen LogP contribution in [0.1, 0.15) is 25.7 Å². The molecule has 14 heavy (non-hydrogen) atoms. The molecule has 0 aromatic heterocycles. The van der Waals surface area contributed by atoms with Gasteiger partial charge in [0.05, 0.1) is 4.48 Å². The number of amides is 1. The van der Waals surface area contributed by atoms with E-state index in [0.29, 0.717) is 17.4 Å². The summed E-state index contributed by atoms with van der Waals surface area (Å²) in [6, 6.07) is 0. The topological polar surface area (TPSA) is 66.4 Å². The van der Waals surface area contributed by atoms with E-state index in [1.165, 1.54) is 0 Å². The highest BCUT2D eigenvalue weighted by Crippen LogP contribution is 2.01. The van der Waals surface area contributed by atoms with Crippen LogP contribution in [0.4, 0.5) is 0 Å². The van der Waals surface area contributed by atoms with Crippen molar-refractivity contribution in [2.45, 2.75) is 25.7 Å². The summed E-state index contributed by atoms with van der Waals surface area (Å²) in [7, 11) is 0. The maximum Gasteiger partial charge on any atom is 0.303 e. The minimum absolute atomic E-state index is 0.194. The number of halogens is 1. The number of hydrogen-bond donors (Lipinski definition) is 2. The SMILES string of the molecule is C=C(Br)C(=O)NCCCCCC(=O)O. The first kappa shape index (κ1) is 13.2. The Labute approximate surface area is 91.5 Å². The first-order valence-corrected chi connectivity index (χ1v) is 5.17. The van der Waals surface area contributed by atoms with Crippen LogP contribution in [0.2, 0.25) is 0 Å². The lowest BCUT2D eigenvalue weighted by atomic mass is 10.2. The minimum Gasteiger partial charge on any atom is -0.481 e. The Balaban J connectivity index is 3.26. The van der Waals surface area contributed by atoms with Crippen LogP contribution in [0.5, 0.6) is 0 Å². The maximum absolute atomic E-state index is 10.9. The molecular formula is C9H14BrNO3. The quantitative estimate of drug-likeness (QED) is 0.542. The highest BCUT2D eigenvalue weighted by molar-refractivity contribution is 9.12. The lowest BCUT2D eigenvalue weighted by molar-refractivity contribution is -0.137. The summed E-state index contributed by atoms with van der Waals surface area (Å²) in [6.07, 6.45) is 2.44. The van der Waals surface area contributed by atoms with E-state index >= 15 is 0 Å². The average molecular weight is 264 g/mol. The normalized spacial score (nSPS) is 9.50. The van der Waals surface area contributed by atoms with Crippen LogP contribution in [0.3, 0.4) is 0 Å². The molecule has 0 fully saturated rings. The highest BCUT2D eigenvalue weighted by atomic mass is 79.9. The molecule has 0 unspecified atom stereocenters. The summed E-state index contributed by atoms with van der Waals surface area (Å²) in [6.45, 7) is 3.98. The van der Waals surface area contributed by atoms with Gasteiger partial charge in [0, 0.05) is 13.0 Å². The molecule has 0 radical (unpaired) electrons. The van der Waals surface area contributed by atoms with Gasteiger partial charge in [-0.3, -0.25) is 9.59 Å². The summed E-state index contributed by atoms with van der Waals surface area (Å²) >= 11 is 2.96. The fraction of sp³-hybridized carbons (Fsp3) is 0.556. The zero-order chi connectivity index (χ0) is 11.0. The van der Waals surface area contributed by atoms with Gasteiger partial charge in [-0.1, -0.05) is 13.0 Å². The van der Waals surface area contributed by atoms with E-state index in [1.54, 1.807) is 0 Å². The van der Waals surface area contributed by atoms with Crippen LogP contribution in [-0.2, 0) is 9.59 Å². The van der Waals surface area contributed by atoms with Gasteiger partial charge < -0.3 is 10.4 Å². The van der Waals surface area contributed by atoms with Gasteiger partial charge >= 0.3 is 5.97 Å². The number of unbranched alkanes of at least 4 members (excludes halogenated alkanes) is 2. The zero-order valence-electron chi connectivity index (χ0n) is 7.88. The molecule has 0 saturated carbocycles. The highest BCUT2D eigenvalue weighted by Gasteiger charge is 2.01. The molecule has 0 heterocycles. The molecule has 1 amide bonds. The number of rotatable bonds is 7. The molecule has 0 aromatic carbocycles. The monoisotopic (exact) mass is 263 g/mol. The van der Waals surface area contributed by atoms with Crippen molar-refractivity contribution in [1.82, 2.24) is 5.32 Å². The Hall–Kier alpha value is -0.840. The number of carbonyl (C=O) groups is 2. The van der Waals surface area contributed by atoms with Crippen LogP contribution in [0.25, 0.3) is 0 Å². The van der Waals surface area contributed by atoms with Crippen molar-refractivity contribution in [3.63, 3.8) is 0 Å². The molecule has 0 aromatic rings. The molecule has 0 bridgehead atoms. The van der Waals surface area contributed by atoms with E-state index in [1.807, 2.05) is 0 Å². The second-order valence-corrected chi connectivity index (χ2v) is 3.82. The Bertz CT molecular complexity index is 228. The summed E-state index contributed by atoms with van der Waals surface area (Å²) in [5, 5.41) is 11.0. The third-order valence-electron chi connectivity index (χ3n) is 1.60. The number of carbonyl (C=O) groups excluding carboxylic acids is 1. The lowest BCUT2D eigenvalue weighted by Crippen LogP contribution is -2.23. The molecule has 0 aliphatic rings. The first-order valence-electron chi connectivity index (χ1n) is 4.38. The summed E-state index contributed by atoms with van der Waals surface area (Å²) in [5.41, 5.74) is 0. The molecule has 5 heteroatoms. The van der Waals surface area contributed by atoms with Crippen molar-refractivity contribution in [1.29, 1.82) is 0 Å². The van der Waals surface area contributed by atoms with Gasteiger partial charge in [-0.15, -0.1) is 0 Å². The summed E-state index contributed by atoms with van der Waals surface area (Å²) in [5.74, 6) is -0.994. The van der Waals surface area contributed by atoms with Crippen LogP contribution in [-0.4, -0.2) is 23.5 Å². The van der Waals surface area contributed by atoms with E-state index in [9.17, 15) is 9.59 Å². The van der Waals surface area contributed by atoms with Crippen LogP contribution >= 0.6 is 15.9 Å². The van der Waals surface area contributed by atoms with Crippen LogP contribution in [0.15, 0.2) is 11.1 Å². The molecule has 0 saturated heterocycles. The number of carboxylic acids is 1. The number of aliphatic carboxylic acids is 1. The van der Waals surface area contributed by atoms with Crippen LogP contribution < -0.4 is 5.32 Å². The van der Waals surface area contributed by atoms with Crippen molar-refractivity contribution in [3.8, 4) is 0 Å². The largest absolute Gasteiger partial charge is 0.481 e. The molecule has 0 aliphatic heterocycles. The van der Waals surface area contributed by atoms with Crippen molar-refractivity contribution in [2.24, 2.45) is 0 Å². The molecule has 4 nitrogen and oxygen atoms in total. The van der Waals surface area contributed by atoms with Crippen molar-refractivity contribution in [2.75, 3.05) is 6.54 Å². The molecule has 80 valence electrons. The van der Waals surface area contributed by atoms with E-state index < -0.39 is 5.97 Å². The van der Waals surface area contributed by atoms with Crippen molar-refractivity contribution >= 4 is 27.8 Å². The average Bonchev–Trinajstić information content (AvgIpc) is 2.09. The first-order chi connectivity index (χ1) is 6.54. The fourth-order valence-corrected chi connectivity index (χ4v) is 1.02. The van der Waals surface area contributed by atoms with Crippen molar-refractivity contribution in [3.05, 3.63) is 11.1 Å². The number of carboxylic acid groups (broad SMARTS) is 1. The third kappa shape index (κ3) is 7.79. The van der Waals surface area contributed by atoms with Gasteiger partial charge in [0.15, 0.2) is 0 Å². The number of nitrogens with one attached hydrogen (secondary N) is 1. The molecular weight excluding hydrogens is 250 g/mol. The number of hydrogen-bond acceptors (Lipinski definition) is 2. The van der Waals surface area contributed by atoms with Gasteiger partial charge in [0.25, 0.3) is 5.91 Å². The molecule has 0 atom stereocenters. The van der Waals surface area contributed by atoms with Gasteiger partial charge in [0.1, 0.15) is 0 Å². The van der Waals surface area contributed by atoms with Crippen LogP contribution in [0, 0.1) is 0 Å². The second kappa shape index (κ2) is 7.55. The Morgan fingerprint density at radius 3 is 2.43 bits per heavy atom. The molecule has 2 N–H and O–H groups in total. The van der Waals surface area contributed by atoms with Gasteiger partial charge in [-0.25, -0.2) is 0 Å². The smallest absolute Gasteiger partial charge is 0.303 e. The Kier molecular flexibility index (Phi) is 7.10. The zero-order valence-corrected chi connectivity index (χ0v) is 9.47. The molecule has 0 rings (SSSR count). The minimum atomic E-state index is -0.775. The van der Waals surface area contributed by atoms with E-state index in [-0.39, 0.29) is 12.3 Å². The predicted molar refractivity (Wildman–Crippen MR) is 57.2 cm³/mol. The Morgan fingerprint density at radius 1 is 1.29 bits per heavy atom. The second-order valence-electron chi connectivity index (χ2n) is 2.87. The third-order valence-corrected chi connectivity index (χ3v) is 1.96. The van der Waals surface area contributed by atoms with E-state index in [4.69, 9.17) is 5.11 Å². The van der Waals surface area contributed by atoms with E-state index in [0.717, 1.165) is 12.8 Å². The lowest BCUT2D eigenvalue weighted by Gasteiger charge is -2.02. The Morgan fingerprint density at radius 2 is 1.93 bits per heavy atom. The molecule has 0 spiro atoms.